The molecule has 0 radical (unpaired) electrons. The van der Waals surface area contributed by atoms with E-state index in [1.54, 1.807) is 0 Å². The van der Waals surface area contributed by atoms with E-state index >= 15 is 0 Å². The van der Waals surface area contributed by atoms with E-state index in [1.165, 1.54) is 12.8 Å². The normalized spacial score (nSPS) is 79.2. The molecule has 0 aromatic rings. The number of hydrogen-bond donors (Lipinski definition) is 0. The summed E-state index contributed by atoms with van der Waals surface area (Å²) in [7, 11) is 0. The van der Waals surface area contributed by atoms with Gasteiger partial charge < -0.3 is 0 Å². The first-order valence-electron chi connectivity index (χ1n) is 5.41. The van der Waals surface area contributed by atoms with Crippen molar-refractivity contribution in [2.45, 2.75) is 12.8 Å². The van der Waals surface area contributed by atoms with Gasteiger partial charge in [0.15, 0.2) is 0 Å². The maximum absolute atomic E-state index is 11.9. The number of hydrogen-bond acceptors (Lipinski definition) is 1. The van der Waals surface area contributed by atoms with E-state index in [0.29, 0.717) is 17.6 Å². The summed E-state index contributed by atoms with van der Waals surface area (Å²) in [5, 5.41) is 0. The molecule has 0 heterocycles. The van der Waals surface area contributed by atoms with Gasteiger partial charge in [0, 0.05) is 11.8 Å². The molecule has 6 fully saturated rings. The van der Waals surface area contributed by atoms with E-state index in [-0.39, 0.29) is 0 Å². The highest BCUT2D eigenvalue weighted by Crippen LogP contribution is 2.81. The fourth-order valence-corrected chi connectivity index (χ4v) is 6.24. The number of ketones is 1. The maximum Gasteiger partial charge on any atom is 0.140 e. The standard InChI is InChI=1S/C11H12O/c12-11-9-5-1-3-4-2-6(7(3)9)10(11)8(4)5/h3-10H,1-2H2/t3-,4+,5-,6+,7+,8-,9-,10-/m0/s1. The van der Waals surface area contributed by atoms with Gasteiger partial charge >= 0.3 is 0 Å². The summed E-state index contributed by atoms with van der Waals surface area (Å²) in [5.41, 5.74) is 0. The zero-order chi connectivity index (χ0) is 7.61. The highest BCUT2D eigenvalue weighted by molar-refractivity contribution is 5.91. The molecule has 0 aromatic heterocycles. The van der Waals surface area contributed by atoms with Gasteiger partial charge in [0.05, 0.1) is 0 Å². The van der Waals surface area contributed by atoms with Crippen LogP contribution in [-0.2, 0) is 4.79 Å². The second-order valence-corrected chi connectivity index (χ2v) is 5.74. The molecule has 0 amide bonds. The Morgan fingerprint density at radius 2 is 1.33 bits per heavy atom. The van der Waals surface area contributed by atoms with Gasteiger partial charge in [-0.15, -0.1) is 0 Å². The van der Waals surface area contributed by atoms with E-state index in [9.17, 15) is 4.79 Å². The second kappa shape index (κ2) is 1.21. The molecule has 6 saturated carbocycles. The van der Waals surface area contributed by atoms with E-state index in [4.69, 9.17) is 0 Å². The third-order valence-electron chi connectivity index (χ3n) is 6.03. The average Bonchev–Trinajstić information content (AvgIpc) is 2.68. The lowest BCUT2D eigenvalue weighted by Crippen LogP contribution is -2.30. The molecular formula is C11H12O. The molecule has 0 N–H and O–H groups in total. The van der Waals surface area contributed by atoms with Crippen molar-refractivity contribution in [1.82, 2.24) is 0 Å². The van der Waals surface area contributed by atoms with Crippen LogP contribution in [-0.4, -0.2) is 5.78 Å². The van der Waals surface area contributed by atoms with E-state index < -0.39 is 0 Å². The summed E-state index contributed by atoms with van der Waals surface area (Å²) in [5.74, 6) is 7.54. The molecular weight excluding hydrogens is 148 g/mol. The summed E-state index contributed by atoms with van der Waals surface area (Å²) < 4.78 is 0. The van der Waals surface area contributed by atoms with Crippen LogP contribution in [0.4, 0.5) is 0 Å². The highest BCUT2D eigenvalue weighted by Gasteiger charge is 2.80. The molecule has 6 aliphatic carbocycles. The summed E-state index contributed by atoms with van der Waals surface area (Å²) in [4.78, 5) is 11.9. The molecule has 8 atom stereocenters. The van der Waals surface area contributed by atoms with Crippen LogP contribution >= 0.6 is 0 Å². The van der Waals surface area contributed by atoms with Gasteiger partial charge in [-0.05, 0) is 48.3 Å². The van der Waals surface area contributed by atoms with E-state index in [0.717, 1.165) is 35.5 Å². The largest absolute Gasteiger partial charge is 0.299 e. The summed E-state index contributed by atoms with van der Waals surface area (Å²) in [6.07, 6.45) is 2.90. The minimum atomic E-state index is 0.591. The van der Waals surface area contributed by atoms with Gasteiger partial charge in [-0.25, -0.2) is 0 Å². The SMILES string of the molecule is O=C1[C@H]2[C@H]3C[C@H]4[C@H]5C[C@@H]([C@H]1[C@@H]53)[C@@H]42. The molecule has 0 unspecified atom stereocenters. The Kier molecular flexibility index (Phi) is 0.547. The predicted molar refractivity (Wildman–Crippen MR) is 42.2 cm³/mol. The lowest BCUT2D eigenvalue weighted by molar-refractivity contribution is -0.122. The van der Waals surface area contributed by atoms with Gasteiger partial charge in [0.1, 0.15) is 5.78 Å². The summed E-state index contributed by atoms with van der Waals surface area (Å²) in [6, 6.07) is 0. The maximum atomic E-state index is 11.9. The molecule has 1 nitrogen and oxygen atoms in total. The number of Topliss-reactive ketones (excluding diaryl/α,β-unsaturated/α-hetero) is 1. The van der Waals surface area contributed by atoms with Crippen molar-refractivity contribution in [2.24, 2.45) is 47.3 Å². The van der Waals surface area contributed by atoms with Crippen LogP contribution in [0.15, 0.2) is 0 Å². The Morgan fingerprint density at radius 1 is 0.833 bits per heavy atom. The number of rotatable bonds is 0. The first-order valence-corrected chi connectivity index (χ1v) is 5.41. The van der Waals surface area contributed by atoms with Crippen molar-refractivity contribution < 1.29 is 4.79 Å². The minimum Gasteiger partial charge on any atom is -0.299 e. The number of carbonyl (C=O) groups excluding carboxylic acids is 1. The first-order chi connectivity index (χ1) is 5.88. The molecule has 0 aromatic carbocycles. The Balaban J connectivity index is 1.94. The molecule has 6 aliphatic rings. The van der Waals surface area contributed by atoms with Crippen LogP contribution in [0.25, 0.3) is 0 Å². The van der Waals surface area contributed by atoms with Crippen molar-refractivity contribution in [3.8, 4) is 0 Å². The Bertz CT molecular complexity index is 291. The zero-order valence-electron chi connectivity index (χ0n) is 6.94. The fourth-order valence-electron chi connectivity index (χ4n) is 6.24. The monoisotopic (exact) mass is 160 g/mol. The third kappa shape index (κ3) is 0.272. The molecule has 6 rings (SSSR count). The predicted octanol–water partition coefficient (Wildman–Crippen LogP) is 1.33. The number of carbonyl (C=O) groups is 1. The van der Waals surface area contributed by atoms with Gasteiger partial charge in [-0.1, -0.05) is 0 Å². The third-order valence-corrected chi connectivity index (χ3v) is 6.03. The molecule has 0 aliphatic heterocycles. The molecule has 12 heavy (non-hydrogen) atoms. The highest BCUT2D eigenvalue weighted by atomic mass is 16.1. The van der Waals surface area contributed by atoms with Crippen LogP contribution in [0.1, 0.15) is 12.8 Å². The topological polar surface area (TPSA) is 17.1 Å². The van der Waals surface area contributed by atoms with Crippen LogP contribution < -0.4 is 0 Å². The summed E-state index contributed by atoms with van der Waals surface area (Å²) >= 11 is 0. The molecule has 62 valence electrons. The van der Waals surface area contributed by atoms with Crippen LogP contribution in [0.2, 0.25) is 0 Å². The summed E-state index contributed by atoms with van der Waals surface area (Å²) in [6.45, 7) is 0. The Hall–Kier alpha value is -0.330. The Labute approximate surface area is 71.5 Å². The van der Waals surface area contributed by atoms with Crippen LogP contribution in [0.5, 0.6) is 0 Å². The second-order valence-electron chi connectivity index (χ2n) is 5.74. The van der Waals surface area contributed by atoms with Gasteiger partial charge in [-0.2, -0.15) is 0 Å². The molecule has 6 bridgehead atoms. The molecule has 0 saturated heterocycles. The van der Waals surface area contributed by atoms with E-state index in [1.807, 2.05) is 0 Å². The first kappa shape index (κ1) is 5.41. The van der Waals surface area contributed by atoms with Crippen molar-refractivity contribution >= 4 is 5.78 Å². The minimum absolute atomic E-state index is 0.591. The quantitative estimate of drug-likeness (QED) is 0.522. The van der Waals surface area contributed by atoms with Crippen molar-refractivity contribution in [1.29, 1.82) is 0 Å². The molecule has 1 heteroatoms. The lowest BCUT2D eigenvalue weighted by Gasteiger charge is -2.32. The van der Waals surface area contributed by atoms with Gasteiger partial charge in [0.2, 0.25) is 0 Å². The lowest BCUT2D eigenvalue weighted by atomic mass is 9.71. The zero-order valence-corrected chi connectivity index (χ0v) is 6.94. The van der Waals surface area contributed by atoms with Crippen LogP contribution in [0, 0.1) is 47.3 Å². The van der Waals surface area contributed by atoms with Gasteiger partial charge in [0.25, 0.3) is 0 Å². The molecule has 0 spiro atoms. The fraction of sp³-hybridized carbons (Fsp3) is 0.909. The van der Waals surface area contributed by atoms with Crippen molar-refractivity contribution in [3.05, 3.63) is 0 Å². The van der Waals surface area contributed by atoms with Crippen LogP contribution in [0.3, 0.4) is 0 Å². The smallest absolute Gasteiger partial charge is 0.140 e. The average molecular weight is 160 g/mol. The van der Waals surface area contributed by atoms with Crippen molar-refractivity contribution in [2.75, 3.05) is 0 Å². The van der Waals surface area contributed by atoms with Gasteiger partial charge in [-0.3, -0.25) is 4.79 Å². The van der Waals surface area contributed by atoms with E-state index in [2.05, 4.69) is 0 Å². The van der Waals surface area contributed by atoms with Crippen molar-refractivity contribution in [3.63, 3.8) is 0 Å². The Morgan fingerprint density at radius 3 is 1.83 bits per heavy atom.